The van der Waals surface area contributed by atoms with E-state index >= 15 is 0 Å². The Morgan fingerprint density at radius 2 is 1.97 bits per heavy atom. The van der Waals surface area contributed by atoms with Gasteiger partial charge in [-0.05, 0) is 56.7 Å². The molecule has 3 N–H and O–H groups in total. The van der Waals surface area contributed by atoms with Gasteiger partial charge in [0.25, 0.3) is 0 Å². The number of ether oxygens (including phenoxy) is 1. The molecule has 1 saturated heterocycles. The molecule has 3 heterocycles. The Morgan fingerprint density at radius 1 is 1.19 bits per heavy atom. The summed E-state index contributed by atoms with van der Waals surface area (Å²) in [5, 5.41) is 26.7. The summed E-state index contributed by atoms with van der Waals surface area (Å²) in [6.07, 6.45) is 6.36. The number of aliphatic hydroxyl groups excluding tert-OH is 1. The number of halogens is 1. The number of anilines is 2. The fourth-order valence-electron chi connectivity index (χ4n) is 4.18. The van der Waals surface area contributed by atoms with E-state index in [0.29, 0.717) is 36.6 Å². The summed E-state index contributed by atoms with van der Waals surface area (Å²) in [6.45, 7) is 1.77. The van der Waals surface area contributed by atoms with Gasteiger partial charge in [-0.3, -0.25) is 0 Å². The highest BCUT2D eigenvalue weighted by atomic mass is 35.5. The van der Waals surface area contributed by atoms with Crippen LogP contribution in [0.2, 0.25) is 5.02 Å². The molecule has 0 amide bonds. The number of aromatic nitrogens is 2. The lowest BCUT2D eigenvalue weighted by molar-refractivity contribution is 0.0455. The van der Waals surface area contributed by atoms with E-state index < -0.39 is 5.41 Å². The van der Waals surface area contributed by atoms with Gasteiger partial charge in [0.05, 0.1) is 28.3 Å². The molecule has 0 atom stereocenters. The second kappa shape index (κ2) is 9.82. The van der Waals surface area contributed by atoms with Crippen LogP contribution in [-0.2, 0) is 4.74 Å². The predicted octanol–water partition coefficient (Wildman–Crippen LogP) is 4.24. The Hall–Kier alpha value is -2.40. The van der Waals surface area contributed by atoms with Crippen LogP contribution in [0.1, 0.15) is 38.5 Å². The van der Waals surface area contributed by atoms with Crippen LogP contribution in [0.4, 0.5) is 11.6 Å². The van der Waals surface area contributed by atoms with Gasteiger partial charge < -0.3 is 20.5 Å². The minimum atomic E-state index is -0.422. The first kappa shape index (κ1) is 21.8. The van der Waals surface area contributed by atoms with Crippen LogP contribution >= 0.6 is 11.6 Å². The summed E-state index contributed by atoms with van der Waals surface area (Å²) < 4.78 is 5.41. The van der Waals surface area contributed by atoms with Gasteiger partial charge in [0, 0.05) is 37.6 Å². The molecule has 0 unspecified atom stereocenters. The predicted molar refractivity (Wildman–Crippen MR) is 121 cm³/mol. The number of hydrogen-bond acceptors (Lipinski definition) is 7. The van der Waals surface area contributed by atoms with Crippen molar-refractivity contribution >= 4 is 23.2 Å². The molecule has 2 fully saturated rings. The molecule has 0 bridgehead atoms. The first-order valence-electron chi connectivity index (χ1n) is 10.9. The summed E-state index contributed by atoms with van der Waals surface area (Å²) in [5.74, 6) is 1.47. The van der Waals surface area contributed by atoms with E-state index in [-0.39, 0.29) is 6.10 Å². The molecule has 0 spiro atoms. The second-order valence-corrected chi connectivity index (χ2v) is 8.87. The van der Waals surface area contributed by atoms with Crippen LogP contribution in [-0.4, -0.2) is 47.0 Å². The highest BCUT2D eigenvalue weighted by molar-refractivity contribution is 6.33. The van der Waals surface area contributed by atoms with Gasteiger partial charge in [0.15, 0.2) is 0 Å². The standard InChI is InChI=1S/C23H28ClN5O2/c24-19-13-26-22(28-16-4-6-17(30)7-5-16)12-18(19)20-2-1-3-21(29-20)27-15-23(14-25)8-10-31-11-9-23/h1-3,12-13,16-17,30H,4-11,15H2,(H,26,28)(H,27,29)/t16-,17-. The third kappa shape index (κ3) is 5.45. The minimum absolute atomic E-state index is 0.187. The molecule has 4 rings (SSSR count). The summed E-state index contributed by atoms with van der Waals surface area (Å²) in [4.78, 5) is 9.15. The Bertz CT molecular complexity index is 934. The van der Waals surface area contributed by atoms with Crippen molar-refractivity contribution < 1.29 is 9.84 Å². The molecule has 0 aromatic carbocycles. The van der Waals surface area contributed by atoms with Gasteiger partial charge in [0.1, 0.15) is 11.6 Å². The third-order valence-corrected chi connectivity index (χ3v) is 6.53. The monoisotopic (exact) mass is 441 g/mol. The van der Waals surface area contributed by atoms with Crippen LogP contribution < -0.4 is 10.6 Å². The molecular formula is C23H28ClN5O2. The molecule has 1 saturated carbocycles. The molecule has 1 aliphatic carbocycles. The molecule has 31 heavy (non-hydrogen) atoms. The zero-order chi connectivity index (χ0) is 21.7. The molecule has 164 valence electrons. The lowest BCUT2D eigenvalue weighted by atomic mass is 9.82. The van der Waals surface area contributed by atoms with Crippen LogP contribution in [0, 0.1) is 16.7 Å². The average molecular weight is 442 g/mol. The first-order chi connectivity index (χ1) is 15.1. The number of rotatable bonds is 6. The van der Waals surface area contributed by atoms with Crippen molar-refractivity contribution in [3.8, 4) is 17.3 Å². The normalized spacial score (nSPS) is 23.0. The average Bonchev–Trinajstić information content (AvgIpc) is 2.81. The van der Waals surface area contributed by atoms with Crippen molar-refractivity contribution in [2.75, 3.05) is 30.4 Å². The lowest BCUT2D eigenvalue weighted by Crippen LogP contribution is -2.34. The van der Waals surface area contributed by atoms with Crippen molar-refractivity contribution in [2.45, 2.75) is 50.7 Å². The summed E-state index contributed by atoms with van der Waals surface area (Å²) in [5.41, 5.74) is 1.13. The quantitative estimate of drug-likeness (QED) is 0.615. The molecule has 0 radical (unpaired) electrons. The van der Waals surface area contributed by atoms with Gasteiger partial charge in [-0.2, -0.15) is 5.26 Å². The Balaban J connectivity index is 1.47. The SMILES string of the molecule is N#CC1(CNc2cccc(-c3cc(N[C@H]4CC[C@H](O)CC4)ncc3Cl)n2)CCOCC1. The van der Waals surface area contributed by atoms with E-state index in [1.165, 1.54) is 0 Å². The largest absolute Gasteiger partial charge is 0.393 e. The van der Waals surface area contributed by atoms with E-state index in [1.807, 2.05) is 24.3 Å². The maximum Gasteiger partial charge on any atom is 0.126 e. The smallest absolute Gasteiger partial charge is 0.126 e. The minimum Gasteiger partial charge on any atom is -0.393 e. The highest BCUT2D eigenvalue weighted by Gasteiger charge is 2.32. The second-order valence-electron chi connectivity index (χ2n) is 8.47. The van der Waals surface area contributed by atoms with Gasteiger partial charge in [-0.25, -0.2) is 9.97 Å². The van der Waals surface area contributed by atoms with Crippen molar-refractivity contribution in [3.05, 3.63) is 35.5 Å². The van der Waals surface area contributed by atoms with Crippen molar-refractivity contribution in [1.29, 1.82) is 5.26 Å². The topological polar surface area (TPSA) is 103 Å². The van der Waals surface area contributed by atoms with Gasteiger partial charge in [-0.1, -0.05) is 17.7 Å². The zero-order valence-corrected chi connectivity index (χ0v) is 18.2. The highest BCUT2D eigenvalue weighted by Crippen LogP contribution is 2.32. The van der Waals surface area contributed by atoms with Crippen LogP contribution in [0.5, 0.6) is 0 Å². The Kier molecular flexibility index (Phi) is 6.91. The fraction of sp³-hybridized carbons (Fsp3) is 0.522. The molecule has 7 nitrogen and oxygen atoms in total. The molecule has 2 aromatic heterocycles. The number of nitrogens with zero attached hydrogens (tertiary/aromatic N) is 3. The summed E-state index contributed by atoms with van der Waals surface area (Å²) >= 11 is 6.45. The van der Waals surface area contributed by atoms with E-state index in [0.717, 1.165) is 55.6 Å². The Labute approximate surface area is 187 Å². The van der Waals surface area contributed by atoms with Crippen LogP contribution in [0.25, 0.3) is 11.3 Å². The fourth-order valence-corrected chi connectivity index (χ4v) is 4.38. The van der Waals surface area contributed by atoms with Gasteiger partial charge in [-0.15, -0.1) is 0 Å². The number of nitriles is 1. The summed E-state index contributed by atoms with van der Waals surface area (Å²) in [7, 11) is 0. The van der Waals surface area contributed by atoms with Crippen molar-refractivity contribution in [1.82, 2.24) is 9.97 Å². The number of hydrogen-bond donors (Lipinski definition) is 3. The zero-order valence-electron chi connectivity index (χ0n) is 17.5. The summed E-state index contributed by atoms with van der Waals surface area (Å²) in [6, 6.07) is 10.4. The van der Waals surface area contributed by atoms with Crippen LogP contribution in [0.15, 0.2) is 30.5 Å². The molecule has 1 aliphatic heterocycles. The van der Waals surface area contributed by atoms with Crippen LogP contribution in [0.3, 0.4) is 0 Å². The molecular weight excluding hydrogens is 414 g/mol. The molecule has 2 aliphatic rings. The van der Waals surface area contributed by atoms with Gasteiger partial charge >= 0.3 is 0 Å². The third-order valence-electron chi connectivity index (χ3n) is 6.22. The van der Waals surface area contributed by atoms with E-state index in [4.69, 9.17) is 21.3 Å². The van der Waals surface area contributed by atoms with Gasteiger partial charge in [0.2, 0.25) is 0 Å². The van der Waals surface area contributed by atoms with Crippen molar-refractivity contribution in [3.63, 3.8) is 0 Å². The number of pyridine rings is 2. The maximum absolute atomic E-state index is 9.71. The maximum atomic E-state index is 9.71. The lowest BCUT2D eigenvalue weighted by Gasteiger charge is -2.30. The number of nitrogens with one attached hydrogen (secondary N) is 2. The Morgan fingerprint density at radius 3 is 2.71 bits per heavy atom. The van der Waals surface area contributed by atoms with E-state index in [2.05, 4.69) is 21.7 Å². The molecule has 8 heteroatoms. The van der Waals surface area contributed by atoms with E-state index in [9.17, 15) is 10.4 Å². The first-order valence-corrected chi connectivity index (χ1v) is 11.3. The number of aliphatic hydroxyl groups is 1. The van der Waals surface area contributed by atoms with E-state index in [1.54, 1.807) is 6.20 Å². The van der Waals surface area contributed by atoms with Crippen molar-refractivity contribution in [2.24, 2.45) is 5.41 Å². The molecule has 2 aromatic rings.